The van der Waals surface area contributed by atoms with E-state index in [0.29, 0.717) is 0 Å². The van der Waals surface area contributed by atoms with Crippen LogP contribution >= 0.6 is 0 Å². The second-order valence-corrected chi connectivity index (χ2v) is 1.96. The van der Waals surface area contributed by atoms with Crippen molar-refractivity contribution in [3.63, 3.8) is 0 Å². The lowest BCUT2D eigenvalue weighted by molar-refractivity contribution is 1.17. The fraction of sp³-hybridized carbons (Fsp3) is 0.429. The van der Waals surface area contributed by atoms with E-state index in [2.05, 4.69) is 9.97 Å². The molecule has 9 heavy (non-hydrogen) atoms. The first-order valence-electron chi connectivity index (χ1n) is 3.20. The van der Waals surface area contributed by atoms with Crippen LogP contribution in [0.25, 0.3) is 0 Å². The van der Waals surface area contributed by atoms with Gasteiger partial charge in [-0.1, -0.05) is 19.3 Å². The van der Waals surface area contributed by atoms with E-state index in [1.54, 1.807) is 18.5 Å². The van der Waals surface area contributed by atoms with Crippen LogP contribution in [0.4, 0.5) is 0 Å². The van der Waals surface area contributed by atoms with Gasteiger partial charge in [0.1, 0.15) is 6.33 Å². The highest BCUT2D eigenvalue weighted by Gasteiger charge is 1.95. The Morgan fingerprint density at radius 1 is 0.889 bits per heavy atom. The van der Waals surface area contributed by atoms with Crippen molar-refractivity contribution < 1.29 is 0 Å². The van der Waals surface area contributed by atoms with Gasteiger partial charge in [0.25, 0.3) is 0 Å². The van der Waals surface area contributed by atoms with Crippen molar-refractivity contribution in [1.29, 1.82) is 0 Å². The summed E-state index contributed by atoms with van der Waals surface area (Å²) in [6.07, 6.45) is 9.38. The predicted octanol–water partition coefficient (Wildman–Crippen LogP) is 1.65. The van der Waals surface area contributed by atoms with Crippen LogP contribution in [0.1, 0.15) is 19.3 Å². The molecule has 1 aromatic heterocycles. The van der Waals surface area contributed by atoms with Crippen LogP contribution in [0, 0.1) is 0 Å². The van der Waals surface area contributed by atoms with Crippen molar-refractivity contribution in [2.75, 3.05) is 0 Å². The molecule has 0 N–H and O–H groups in total. The van der Waals surface area contributed by atoms with E-state index in [0.717, 1.165) is 0 Å². The summed E-state index contributed by atoms with van der Waals surface area (Å²) in [5, 5.41) is 0. The summed E-state index contributed by atoms with van der Waals surface area (Å²) in [7, 11) is 0. The van der Waals surface area contributed by atoms with Crippen molar-refractivity contribution >= 4 is 0 Å². The molecule has 1 aliphatic carbocycles. The minimum Gasteiger partial charge on any atom is -0.245 e. The van der Waals surface area contributed by atoms with E-state index in [-0.39, 0.29) is 0 Å². The maximum Gasteiger partial charge on any atom is 0.115 e. The minimum absolute atomic E-state index is 1.50. The zero-order valence-corrected chi connectivity index (χ0v) is 5.33. The minimum atomic E-state index is 1.50. The van der Waals surface area contributed by atoms with Gasteiger partial charge in [-0.2, -0.15) is 0 Å². The van der Waals surface area contributed by atoms with Crippen molar-refractivity contribution in [2.24, 2.45) is 0 Å². The largest absolute Gasteiger partial charge is 0.245 e. The number of hydrogen-bond donors (Lipinski definition) is 0. The van der Waals surface area contributed by atoms with Crippen LogP contribution in [-0.4, -0.2) is 9.97 Å². The fourth-order valence-corrected chi connectivity index (χ4v) is 0.253. The summed E-state index contributed by atoms with van der Waals surface area (Å²) in [5.41, 5.74) is 0. The predicted molar refractivity (Wildman–Crippen MR) is 35.9 cm³/mol. The summed E-state index contributed by atoms with van der Waals surface area (Å²) in [5.74, 6) is 0. The molecule has 0 unspecified atom stereocenters. The third kappa shape index (κ3) is 4.94. The molecule has 48 valence electrons. The van der Waals surface area contributed by atoms with Gasteiger partial charge in [0.2, 0.25) is 0 Å². The lowest BCUT2D eigenvalue weighted by atomic mass is 10.7. The molecule has 1 saturated carbocycles. The number of aromatic nitrogens is 2. The van der Waals surface area contributed by atoms with Gasteiger partial charge in [-0.15, -0.1) is 0 Å². The van der Waals surface area contributed by atoms with Gasteiger partial charge in [-0.05, 0) is 6.07 Å². The average Bonchev–Trinajstić information content (AvgIpc) is 2.76. The van der Waals surface area contributed by atoms with E-state index in [1.165, 1.54) is 25.6 Å². The van der Waals surface area contributed by atoms with E-state index in [1.807, 2.05) is 0 Å². The summed E-state index contributed by atoms with van der Waals surface area (Å²) in [6.45, 7) is 0. The second-order valence-electron chi connectivity index (χ2n) is 1.96. The molecule has 0 bridgehead atoms. The Balaban J connectivity index is 0.000000112. The lowest BCUT2D eigenvalue weighted by Crippen LogP contribution is -1.66. The number of nitrogens with zero attached hydrogens (tertiary/aromatic N) is 2. The molecule has 0 aliphatic heterocycles. The molecular weight excluding hydrogens is 112 g/mol. The Bertz CT molecular complexity index is 107. The first-order chi connectivity index (χ1) is 4.50. The summed E-state index contributed by atoms with van der Waals surface area (Å²) in [4.78, 5) is 7.35. The molecule has 0 radical (unpaired) electrons. The second kappa shape index (κ2) is 4.01. The molecule has 0 saturated heterocycles. The van der Waals surface area contributed by atoms with E-state index in [4.69, 9.17) is 0 Å². The molecule has 0 spiro atoms. The Kier molecular flexibility index (Phi) is 2.76. The quantitative estimate of drug-likeness (QED) is 0.523. The van der Waals surface area contributed by atoms with Crippen LogP contribution in [-0.2, 0) is 0 Å². The number of hydrogen-bond acceptors (Lipinski definition) is 2. The van der Waals surface area contributed by atoms with Crippen molar-refractivity contribution in [3.8, 4) is 0 Å². The molecule has 1 heterocycles. The normalized spacial score (nSPS) is 13.3. The van der Waals surface area contributed by atoms with Crippen molar-refractivity contribution in [2.45, 2.75) is 19.3 Å². The van der Waals surface area contributed by atoms with Gasteiger partial charge in [-0.3, -0.25) is 0 Å². The summed E-state index contributed by atoms with van der Waals surface area (Å²) in [6, 6.07) is 1.78. The monoisotopic (exact) mass is 122 g/mol. The van der Waals surface area contributed by atoms with Gasteiger partial charge >= 0.3 is 0 Å². The van der Waals surface area contributed by atoms with Gasteiger partial charge in [-0.25, -0.2) is 9.97 Å². The average molecular weight is 122 g/mol. The Morgan fingerprint density at radius 2 is 1.44 bits per heavy atom. The van der Waals surface area contributed by atoms with Crippen molar-refractivity contribution in [1.82, 2.24) is 9.97 Å². The topological polar surface area (TPSA) is 25.8 Å². The van der Waals surface area contributed by atoms with E-state index in [9.17, 15) is 0 Å². The van der Waals surface area contributed by atoms with Crippen LogP contribution in [0.5, 0.6) is 0 Å². The van der Waals surface area contributed by atoms with Crippen LogP contribution in [0.2, 0.25) is 0 Å². The van der Waals surface area contributed by atoms with Gasteiger partial charge in [0.15, 0.2) is 0 Å². The standard InChI is InChI=1S/C4H4N2.C3H6/c1-2-5-4-6-3-1;1-2-3-1/h1-4H;1-3H2. The molecule has 1 aromatic rings. The van der Waals surface area contributed by atoms with Gasteiger partial charge in [0, 0.05) is 12.4 Å². The highest BCUT2D eigenvalue weighted by molar-refractivity contribution is 4.74. The van der Waals surface area contributed by atoms with Crippen LogP contribution in [0.15, 0.2) is 24.8 Å². The molecule has 2 nitrogen and oxygen atoms in total. The maximum absolute atomic E-state index is 3.67. The van der Waals surface area contributed by atoms with E-state index < -0.39 is 0 Å². The van der Waals surface area contributed by atoms with Gasteiger partial charge in [0.05, 0.1) is 0 Å². The molecule has 0 amide bonds. The zero-order chi connectivity index (χ0) is 6.36. The molecular formula is C7H10N2. The zero-order valence-electron chi connectivity index (χ0n) is 5.33. The first kappa shape index (κ1) is 6.20. The summed E-state index contributed by atoms with van der Waals surface area (Å²) >= 11 is 0. The molecule has 1 aliphatic rings. The van der Waals surface area contributed by atoms with Crippen LogP contribution < -0.4 is 0 Å². The Morgan fingerprint density at radius 3 is 1.56 bits per heavy atom. The molecule has 2 heteroatoms. The van der Waals surface area contributed by atoms with E-state index >= 15 is 0 Å². The smallest absolute Gasteiger partial charge is 0.115 e. The Hall–Kier alpha value is -0.920. The fourth-order valence-electron chi connectivity index (χ4n) is 0.253. The van der Waals surface area contributed by atoms with Crippen LogP contribution in [0.3, 0.4) is 0 Å². The Labute approximate surface area is 55.0 Å². The third-order valence-corrected chi connectivity index (χ3v) is 0.831. The molecule has 0 aromatic carbocycles. The van der Waals surface area contributed by atoms with Gasteiger partial charge < -0.3 is 0 Å². The maximum atomic E-state index is 3.67. The summed E-state index contributed by atoms with van der Waals surface area (Å²) < 4.78 is 0. The van der Waals surface area contributed by atoms with Crippen molar-refractivity contribution in [3.05, 3.63) is 24.8 Å². The molecule has 1 fully saturated rings. The first-order valence-corrected chi connectivity index (χ1v) is 3.20. The SMILES string of the molecule is C1CC1.c1cncnc1. The lowest BCUT2D eigenvalue weighted by Gasteiger charge is -1.70. The molecule has 0 atom stereocenters. The number of rotatable bonds is 0. The highest BCUT2D eigenvalue weighted by atomic mass is 14.8. The molecule has 2 rings (SSSR count). The third-order valence-electron chi connectivity index (χ3n) is 0.831. The highest BCUT2D eigenvalue weighted by Crippen LogP contribution is 2.14.